The van der Waals surface area contributed by atoms with Crippen molar-refractivity contribution in [1.29, 1.82) is 0 Å². The Labute approximate surface area is 127 Å². The number of sulfonamides is 1. The topological polar surface area (TPSA) is 102 Å². The van der Waals surface area contributed by atoms with Crippen LogP contribution in [0.2, 0.25) is 5.02 Å². The van der Waals surface area contributed by atoms with Gasteiger partial charge in [0.25, 0.3) is 0 Å². The molecule has 0 bridgehead atoms. The second-order valence-corrected chi connectivity index (χ2v) is 6.18. The average Bonchev–Trinajstić information content (AvgIpc) is 2.46. The molecule has 0 radical (unpaired) electrons. The van der Waals surface area contributed by atoms with Crippen molar-refractivity contribution >= 4 is 27.6 Å². The van der Waals surface area contributed by atoms with Crippen molar-refractivity contribution in [3.63, 3.8) is 0 Å². The molecule has 0 aliphatic heterocycles. The van der Waals surface area contributed by atoms with Crippen LogP contribution in [0.1, 0.15) is 10.4 Å². The summed E-state index contributed by atoms with van der Waals surface area (Å²) in [4.78, 5) is 11.2. The molecule has 0 aliphatic carbocycles. The Balaban J connectivity index is 3.15. The fraction of sp³-hybridized carbons (Fsp3) is 0.417. The summed E-state index contributed by atoms with van der Waals surface area (Å²) in [5.74, 6) is -0.682. The maximum Gasteiger partial charge on any atom is 0.337 e. The van der Waals surface area contributed by atoms with Crippen molar-refractivity contribution in [2.75, 3.05) is 27.4 Å². The zero-order valence-electron chi connectivity index (χ0n) is 11.5. The van der Waals surface area contributed by atoms with Crippen molar-refractivity contribution < 1.29 is 27.8 Å². The van der Waals surface area contributed by atoms with Crippen LogP contribution in [0, 0.1) is 0 Å². The van der Waals surface area contributed by atoms with Gasteiger partial charge in [-0.15, -0.1) is 0 Å². The quantitative estimate of drug-likeness (QED) is 0.699. The van der Waals surface area contributed by atoms with E-state index < -0.39 is 28.6 Å². The minimum atomic E-state index is -4.02. The van der Waals surface area contributed by atoms with E-state index in [1.54, 1.807) is 0 Å². The van der Waals surface area contributed by atoms with Crippen molar-refractivity contribution in [3.05, 3.63) is 28.8 Å². The van der Waals surface area contributed by atoms with Crippen molar-refractivity contribution in [2.24, 2.45) is 0 Å². The summed E-state index contributed by atoms with van der Waals surface area (Å²) >= 11 is 5.87. The van der Waals surface area contributed by atoms with Crippen LogP contribution in [0.25, 0.3) is 0 Å². The van der Waals surface area contributed by atoms with Gasteiger partial charge in [-0.3, -0.25) is 0 Å². The highest BCUT2D eigenvalue weighted by Gasteiger charge is 2.23. The van der Waals surface area contributed by atoms with E-state index in [-0.39, 0.29) is 22.1 Å². The first kappa shape index (κ1) is 17.9. The summed E-state index contributed by atoms with van der Waals surface area (Å²) in [6, 6.07) is 2.92. The molecular weight excluding hydrogens is 322 g/mol. The lowest BCUT2D eigenvalue weighted by Gasteiger charge is -2.16. The lowest BCUT2D eigenvalue weighted by atomic mass is 10.2. The summed E-state index contributed by atoms with van der Waals surface area (Å²) in [6.07, 6.45) is 0. The molecule has 1 aromatic rings. The zero-order valence-corrected chi connectivity index (χ0v) is 13.1. The summed E-state index contributed by atoms with van der Waals surface area (Å²) in [5, 5.41) is 9.05. The van der Waals surface area contributed by atoms with Gasteiger partial charge in [-0.25, -0.2) is 17.9 Å². The molecule has 1 atom stereocenters. The van der Waals surface area contributed by atoms with E-state index >= 15 is 0 Å². The molecular formula is C12H16ClNO6S. The van der Waals surface area contributed by atoms with E-state index in [0.717, 1.165) is 6.07 Å². The van der Waals surface area contributed by atoms with Gasteiger partial charge in [-0.2, -0.15) is 0 Å². The first-order chi connectivity index (χ1) is 9.85. The van der Waals surface area contributed by atoms with E-state index in [2.05, 4.69) is 9.46 Å². The highest BCUT2D eigenvalue weighted by molar-refractivity contribution is 7.89. The smallest absolute Gasteiger partial charge is 0.337 e. The van der Waals surface area contributed by atoms with E-state index in [0.29, 0.717) is 0 Å². The molecule has 0 aliphatic rings. The maximum absolute atomic E-state index is 12.2. The highest BCUT2D eigenvalue weighted by atomic mass is 35.5. The zero-order chi connectivity index (χ0) is 16.0. The number of aliphatic hydroxyl groups is 1. The minimum Gasteiger partial charge on any atom is -0.465 e. The normalized spacial score (nSPS) is 13.0. The molecule has 0 spiro atoms. The fourth-order valence-electron chi connectivity index (χ4n) is 1.56. The van der Waals surface area contributed by atoms with Gasteiger partial charge in [-0.1, -0.05) is 11.6 Å². The summed E-state index contributed by atoms with van der Waals surface area (Å²) in [6.45, 7) is -0.453. The number of carbonyl (C=O) groups is 1. The Morgan fingerprint density at radius 1 is 1.43 bits per heavy atom. The molecule has 9 heteroatoms. The predicted molar refractivity (Wildman–Crippen MR) is 75.9 cm³/mol. The summed E-state index contributed by atoms with van der Waals surface area (Å²) < 4.78 is 36.1. The molecule has 1 rings (SSSR count). The van der Waals surface area contributed by atoms with Gasteiger partial charge in [0.1, 0.15) is 4.90 Å². The minimum absolute atomic E-state index is 0.00988. The molecule has 118 valence electrons. The third-order valence-electron chi connectivity index (χ3n) is 2.55. The van der Waals surface area contributed by atoms with Gasteiger partial charge in [0.15, 0.2) is 0 Å². The SMILES string of the molecule is COCC(CO)NS(=O)(=O)c1cc(C(=O)OC)ccc1Cl. The largest absolute Gasteiger partial charge is 0.465 e. The van der Waals surface area contributed by atoms with Crippen molar-refractivity contribution in [3.8, 4) is 0 Å². The van der Waals surface area contributed by atoms with E-state index in [4.69, 9.17) is 21.4 Å². The number of halogens is 1. The number of nitrogens with one attached hydrogen (secondary N) is 1. The van der Waals surface area contributed by atoms with Crippen LogP contribution in [-0.4, -0.2) is 53.0 Å². The average molecular weight is 338 g/mol. The van der Waals surface area contributed by atoms with Gasteiger partial charge in [0.2, 0.25) is 10.0 Å². The first-order valence-corrected chi connectivity index (χ1v) is 7.71. The molecule has 0 amide bonds. The number of ether oxygens (including phenoxy) is 2. The van der Waals surface area contributed by atoms with Crippen LogP contribution in [0.4, 0.5) is 0 Å². The fourth-order valence-corrected chi connectivity index (χ4v) is 3.30. The van der Waals surface area contributed by atoms with E-state index in [1.807, 2.05) is 0 Å². The molecule has 0 aromatic heterocycles. The second kappa shape index (κ2) is 7.71. The van der Waals surface area contributed by atoms with E-state index in [1.165, 1.54) is 26.4 Å². The number of methoxy groups -OCH3 is 2. The Hall–Kier alpha value is -1.19. The summed E-state index contributed by atoms with van der Waals surface area (Å²) in [5.41, 5.74) is 0.0505. The van der Waals surface area contributed by atoms with Gasteiger partial charge in [-0.05, 0) is 18.2 Å². The van der Waals surface area contributed by atoms with Crippen LogP contribution < -0.4 is 4.72 Å². The molecule has 0 saturated carbocycles. The summed E-state index contributed by atoms with van der Waals surface area (Å²) in [7, 11) is -1.46. The molecule has 2 N–H and O–H groups in total. The van der Waals surface area contributed by atoms with Crippen LogP contribution in [-0.2, 0) is 19.5 Å². The predicted octanol–water partition coefficient (Wildman–Crippen LogP) is 0.412. The Kier molecular flexibility index (Phi) is 6.56. The maximum atomic E-state index is 12.2. The third-order valence-corrected chi connectivity index (χ3v) is 4.55. The monoisotopic (exact) mass is 337 g/mol. The third kappa shape index (κ3) is 4.65. The standard InChI is InChI=1S/C12H16ClNO6S/c1-19-7-9(6-15)14-21(17,18)11-5-8(12(16)20-2)3-4-10(11)13/h3-5,9,14-15H,6-7H2,1-2H3. The van der Waals surface area contributed by atoms with Crippen molar-refractivity contribution in [1.82, 2.24) is 4.72 Å². The molecule has 0 saturated heterocycles. The van der Waals surface area contributed by atoms with Crippen molar-refractivity contribution in [2.45, 2.75) is 10.9 Å². The first-order valence-electron chi connectivity index (χ1n) is 5.85. The van der Waals surface area contributed by atoms with Crippen LogP contribution in [0.15, 0.2) is 23.1 Å². The highest BCUT2D eigenvalue weighted by Crippen LogP contribution is 2.23. The molecule has 7 nitrogen and oxygen atoms in total. The van der Waals surface area contributed by atoms with Crippen LogP contribution in [0.5, 0.6) is 0 Å². The molecule has 21 heavy (non-hydrogen) atoms. The Morgan fingerprint density at radius 3 is 2.62 bits per heavy atom. The number of aliphatic hydroxyl groups excluding tert-OH is 1. The van der Waals surface area contributed by atoms with E-state index in [9.17, 15) is 13.2 Å². The Bertz CT molecular complexity index is 604. The second-order valence-electron chi connectivity index (χ2n) is 4.09. The lowest BCUT2D eigenvalue weighted by molar-refractivity contribution is 0.0600. The van der Waals surface area contributed by atoms with Crippen LogP contribution >= 0.6 is 11.6 Å². The Morgan fingerprint density at radius 2 is 2.10 bits per heavy atom. The van der Waals surface area contributed by atoms with Gasteiger partial charge >= 0.3 is 5.97 Å². The number of esters is 1. The number of carbonyl (C=O) groups excluding carboxylic acids is 1. The number of rotatable bonds is 7. The molecule has 0 fully saturated rings. The molecule has 0 heterocycles. The number of hydrogen-bond donors (Lipinski definition) is 2. The number of benzene rings is 1. The van der Waals surface area contributed by atoms with Gasteiger partial charge < -0.3 is 14.6 Å². The van der Waals surface area contributed by atoms with Crippen LogP contribution in [0.3, 0.4) is 0 Å². The molecule has 1 unspecified atom stereocenters. The van der Waals surface area contributed by atoms with Gasteiger partial charge in [0, 0.05) is 7.11 Å². The van der Waals surface area contributed by atoms with Gasteiger partial charge in [0.05, 0.1) is 37.0 Å². The molecule has 1 aromatic carbocycles. The number of hydrogen-bond acceptors (Lipinski definition) is 6. The lowest BCUT2D eigenvalue weighted by Crippen LogP contribution is -2.40.